The highest BCUT2D eigenvalue weighted by molar-refractivity contribution is 6.42. The molecule has 0 saturated heterocycles. The van der Waals surface area contributed by atoms with Gasteiger partial charge >= 0.3 is 0 Å². The molecular weight excluding hydrogens is 401 g/mol. The van der Waals surface area contributed by atoms with E-state index in [1.54, 1.807) is 38.6 Å². The number of carbonyl (C=O) groups excluding carboxylic acids is 1. The maximum Gasteiger partial charge on any atom is 0.252 e. The molecule has 1 atom stereocenters. The maximum atomic E-state index is 12.9. The Morgan fingerprint density at radius 3 is 2.29 bits per heavy atom. The van der Waals surface area contributed by atoms with Gasteiger partial charge in [0, 0.05) is 31.1 Å². The first-order chi connectivity index (χ1) is 13.4. The van der Waals surface area contributed by atoms with Crippen LogP contribution in [-0.2, 0) is 7.05 Å². The van der Waals surface area contributed by atoms with Crippen LogP contribution in [0.3, 0.4) is 0 Å². The number of nitrogens with zero attached hydrogens (tertiary/aromatic N) is 2. The van der Waals surface area contributed by atoms with Crippen molar-refractivity contribution in [2.75, 3.05) is 14.2 Å². The molecule has 2 aromatic carbocycles. The van der Waals surface area contributed by atoms with Crippen LogP contribution in [0.25, 0.3) is 0 Å². The molecule has 3 rings (SSSR count). The summed E-state index contributed by atoms with van der Waals surface area (Å²) in [5, 5.41) is 3.70. The number of hydrogen-bond acceptors (Lipinski definition) is 4. The van der Waals surface area contributed by atoms with Crippen LogP contribution in [0.5, 0.6) is 11.5 Å². The molecule has 8 heteroatoms. The maximum absolute atomic E-state index is 12.9. The van der Waals surface area contributed by atoms with Crippen molar-refractivity contribution in [3.8, 4) is 11.5 Å². The molecule has 0 bridgehead atoms. The molecule has 6 nitrogen and oxygen atoms in total. The normalized spacial score (nSPS) is 11.8. The second-order valence-corrected chi connectivity index (χ2v) is 6.89. The van der Waals surface area contributed by atoms with Gasteiger partial charge in [-0.1, -0.05) is 23.2 Å². The molecule has 28 heavy (non-hydrogen) atoms. The van der Waals surface area contributed by atoms with E-state index in [-0.39, 0.29) is 5.91 Å². The summed E-state index contributed by atoms with van der Waals surface area (Å²) in [6.45, 7) is 0. The Kier molecular flexibility index (Phi) is 6.11. The van der Waals surface area contributed by atoms with E-state index in [1.807, 2.05) is 29.9 Å². The van der Waals surface area contributed by atoms with Gasteiger partial charge in [-0.25, -0.2) is 4.98 Å². The number of methoxy groups -OCH3 is 2. The largest absolute Gasteiger partial charge is 0.497 e. The van der Waals surface area contributed by atoms with Crippen molar-refractivity contribution in [3.63, 3.8) is 0 Å². The van der Waals surface area contributed by atoms with Crippen LogP contribution in [0.2, 0.25) is 10.0 Å². The van der Waals surface area contributed by atoms with Gasteiger partial charge in [0.1, 0.15) is 23.4 Å². The lowest BCUT2D eigenvalue weighted by molar-refractivity contribution is 0.0941. The van der Waals surface area contributed by atoms with Gasteiger partial charge < -0.3 is 19.4 Å². The second kappa shape index (κ2) is 8.54. The standard InChI is InChI=1S/C20H19Cl2N3O3/c1-25-7-6-23-19(25)18(13-8-14(27-2)11-15(9-13)28-3)24-20(26)12-4-5-16(21)17(22)10-12/h4-11,18H,1-3H3,(H,24,26)/t18-/m0/s1. The van der Waals surface area contributed by atoms with E-state index in [4.69, 9.17) is 32.7 Å². The van der Waals surface area contributed by atoms with Crippen LogP contribution in [0.15, 0.2) is 48.8 Å². The summed E-state index contributed by atoms with van der Waals surface area (Å²) in [6.07, 6.45) is 3.48. The first-order valence-corrected chi connectivity index (χ1v) is 9.14. The van der Waals surface area contributed by atoms with E-state index in [9.17, 15) is 4.79 Å². The zero-order valence-corrected chi connectivity index (χ0v) is 17.1. The Hall–Kier alpha value is -2.70. The van der Waals surface area contributed by atoms with Crippen LogP contribution in [0, 0.1) is 0 Å². The SMILES string of the molecule is COc1cc(OC)cc([C@H](NC(=O)c2ccc(Cl)c(Cl)c2)c2nccn2C)c1. The fourth-order valence-corrected chi connectivity index (χ4v) is 3.10. The fraction of sp³-hybridized carbons (Fsp3) is 0.200. The van der Waals surface area contributed by atoms with Crippen LogP contribution >= 0.6 is 23.2 Å². The topological polar surface area (TPSA) is 65.4 Å². The van der Waals surface area contributed by atoms with Crippen LogP contribution < -0.4 is 14.8 Å². The summed E-state index contributed by atoms with van der Waals surface area (Å²) in [4.78, 5) is 17.3. The minimum absolute atomic E-state index is 0.311. The minimum Gasteiger partial charge on any atom is -0.497 e. The number of benzene rings is 2. The third-order valence-corrected chi connectivity index (χ3v) is 5.02. The van der Waals surface area contributed by atoms with E-state index in [2.05, 4.69) is 10.3 Å². The molecule has 146 valence electrons. The summed E-state index contributed by atoms with van der Waals surface area (Å²) in [5.41, 5.74) is 1.15. The summed E-state index contributed by atoms with van der Waals surface area (Å²) in [6, 6.07) is 9.62. The zero-order valence-electron chi connectivity index (χ0n) is 15.6. The Balaban J connectivity index is 2.02. The summed E-state index contributed by atoms with van der Waals surface area (Å²) < 4.78 is 12.6. The molecule has 0 aliphatic carbocycles. The molecular formula is C20H19Cl2N3O3. The van der Waals surface area contributed by atoms with E-state index >= 15 is 0 Å². The van der Waals surface area contributed by atoms with Crippen molar-refractivity contribution in [2.45, 2.75) is 6.04 Å². The van der Waals surface area contributed by atoms with Crippen molar-refractivity contribution in [1.29, 1.82) is 0 Å². The molecule has 0 saturated carbocycles. The molecule has 1 aromatic heterocycles. The Labute approximate surface area is 173 Å². The molecule has 0 unspecified atom stereocenters. The van der Waals surface area contributed by atoms with Crippen LogP contribution in [0.4, 0.5) is 0 Å². The number of aromatic nitrogens is 2. The van der Waals surface area contributed by atoms with Crippen molar-refractivity contribution in [3.05, 3.63) is 75.8 Å². The summed E-state index contributed by atoms with van der Waals surface area (Å²) in [7, 11) is 5.00. The Morgan fingerprint density at radius 1 is 1.07 bits per heavy atom. The van der Waals surface area contributed by atoms with Crippen molar-refractivity contribution in [2.24, 2.45) is 7.05 Å². The molecule has 3 aromatic rings. The number of imidazole rings is 1. The molecule has 0 aliphatic rings. The lowest BCUT2D eigenvalue weighted by Gasteiger charge is -2.20. The summed E-state index contributed by atoms with van der Waals surface area (Å²) in [5.74, 6) is 1.56. The van der Waals surface area contributed by atoms with Gasteiger partial charge in [0.15, 0.2) is 0 Å². The number of nitrogens with one attached hydrogen (secondary N) is 1. The molecule has 0 fully saturated rings. The van der Waals surface area contributed by atoms with Gasteiger partial charge in [-0.05, 0) is 35.9 Å². The lowest BCUT2D eigenvalue weighted by atomic mass is 10.0. The number of hydrogen-bond donors (Lipinski definition) is 1. The molecule has 0 spiro atoms. The van der Waals surface area contributed by atoms with E-state index in [1.165, 1.54) is 6.07 Å². The van der Waals surface area contributed by atoms with Gasteiger partial charge in [0.05, 0.1) is 24.3 Å². The third kappa shape index (κ3) is 4.24. The first-order valence-electron chi connectivity index (χ1n) is 8.39. The highest BCUT2D eigenvalue weighted by Crippen LogP contribution is 2.30. The quantitative estimate of drug-likeness (QED) is 0.647. The van der Waals surface area contributed by atoms with Crippen LogP contribution in [-0.4, -0.2) is 29.7 Å². The Bertz CT molecular complexity index is 982. The van der Waals surface area contributed by atoms with Gasteiger partial charge in [0.2, 0.25) is 0 Å². The minimum atomic E-state index is -0.536. The molecule has 0 radical (unpaired) electrons. The van der Waals surface area contributed by atoms with Gasteiger partial charge in [-0.2, -0.15) is 0 Å². The molecule has 1 heterocycles. The van der Waals surface area contributed by atoms with Gasteiger partial charge in [-0.15, -0.1) is 0 Å². The third-order valence-electron chi connectivity index (χ3n) is 4.28. The number of aryl methyl sites for hydroxylation is 1. The highest BCUT2D eigenvalue weighted by atomic mass is 35.5. The first kappa shape index (κ1) is 20.0. The summed E-state index contributed by atoms with van der Waals surface area (Å²) >= 11 is 12.0. The van der Waals surface area contributed by atoms with E-state index < -0.39 is 6.04 Å². The highest BCUT2D eigenvalue weighted by Gasteiger charge is 2.23. The average molecular weight is 420 g/mol. The lowest BCUT2D eigenvalue weighted by Crippen LogP contribution is -2.31. The predicted molar refractivity (Wildman–Crippen MR) is 109 cm³/mol. The number of carbonyl (C=O) groups is 1. The number of rotatable bonds is 6. The second-order valence-electron chi connectivity index (χ2n) is 6.08. The predicted octanol–water partition coefficient (Wildman–Crippen LogP) is 4.26. The Morgan fingerprint density at radius 2 is 1.75 bits per heavy atom. The van der Waals surface area contributed by atoms with Crippen molar-refractivity contribution in [1.82, 2.24) is 14.9 Å². The number of ether oxygens (including phenoxy) is 2. The average Bonchev–Trinajstić information content (AvgIpc) is 3.13. The van der Waals surface area contributed by atoms with Crippen molar-refractivity contribution >= 4 is 29.1 Å². The van der Waals surface area contributed by atoms with Crippen molar-refractivity contribution < 1.29 is 14.3 Å². The smallest absolute Gasteiger partial charge is 0.252 e. The molecule has 1 N–H and O–H groups in total. The molecule has 1 amide bonds. The van der Waals surface area contributed by atoms with Gasteiger partial charge in [-0.3, -0.25) is 4.79 Å². The molecule has 0 aliphatic heterocycles. The monoisotopic (exact) mass is 419 g/mol. The zero-order chi connectivity index (χ0) is 20.3. The van der Waals surface area contributed by atoms with Crippen LogP contribution in [0.1, 0.15) is 27.8 Å². The van der Waals surface area contributed by atoms with E-state index in [0.29, 0.717) is 32.9 Å². The number of amides is 1. The van der Waals surface area contributed by atoms with E-state index in [0.717, 1.165) is 5.56 Å². The van der Waals surface area contributed by atoms with Gasteiger partial charge in [0.25, 0.3) is 5.91 Å². The number of halogens is 2. The fourth-order valence-electron chi connectivity index (χ4n) is 2.80.